The van der Waals surface area contributed by atoms with Crippen LogP contribution in [0.25, 0.3) is 10.6 Å². The number of aliphatic carboxylic acids is 2. The molecule has 0 aromatic heterocycles. The average Bonchev–Trinajstić information content (AvgIpc) is 3.27. The van der Waals surface area contributed by atoms with Crippen molar-refractivity contribution in [3.8, 4) is 0 Å². The molecule has 2 heterocycles. The molecule has 4 N–H and O–H groups in total. The van der Waals surface area contributed by atoms with Gasteiger partial charge in [0.1, 0.15) is 0 Å². The Morgan fingerprint density at radius 3 is 1.17 bits per heavy atom. The van der Waals surface area contributed by atoms with Gasteiger partial charge in [0.15, 0.2) is 0 Å². The molecule has 4 fully saturated rings. The van der Waals surface area contributed by atoms with Crippen LogP contribution in [-0.2, 0) is 9.59 Å². The third-order valence-corrected chi connectivity index (χ3v) is 33.1. The van der Waals surface area contributed by atoms with Crippen molar-refractivity contribution in [2.24, 2.45) is 5.92 Å². The molecule has 3 radical (unpaired) electrons. The second-order valence-electron chi connectivity index (χ2n) is 16.2. The molecule has 0 unspecified atom stereocenters. The van der Waals surface area contributed by atoms with E-state index in [4.69, 9.17) is 10.2 Å². The predicted octanol–water partition coefficient (Wildman–Crippen LogP) is 8.84. The van der Waals surface area contributed by atoms with E-state index in [2.05, 4.69) is 102 Å². The van der Waals surface area contributed by atoms with Gasteiger partial charge in [-0.2, -0.15) is 0 Å². The monoisotopic (exact) mass is 1110 g/mol. The Morgan fingerprint density at radius 2 is 0.897 bits per heavy atom. The summed E-state index contributed by atoms with van der Waals surface area (Å²) in [7, 11) is 0. The van der Waals surface area contributed by atoms with Crippen molar-refractivity contribution in [2.75, 3.05) is 26.2 Å². The van der Waals surface area contributed by atoms with Gasteiger partial charge in [0.25, 0.3) is 0 Å². The fourth-order valence-corrected chi connectivity index (χ4v) is 31.6. The Kier molecular flexibility index (Phi) is 26.2. The van der Waals surface area contributed by atoms with Gasteiger partial charge in [0.2, 0.25) is 0 Å². The molecule has 0 amide bonds. The first-order chi connectivity index (χ1) is 27.5. The summed E-state index contributed by atoms with van der Waals surface area (Å²) in [4.78, 5) is 20.6. The number of hydrogen-bond donors (Lipinski definition) is 2. The minimum atomic E-state index is -1.98. The van der Waals surface area contributed by atoms with E-state index >= 15 is 0 Å². The fourth-order valence-electron chi connectivity index (χ4n) is 9.38. The number of carboxylic acid groups (broad SMARTS) is 2. The zero-order valence-corrected chi connectivity index (χ0v) is 43.8. The van der Waals surface area contributed by atoms with E-state index in [1.54, 1.807) is 102 Å². The van der Waals surface area contributed by atoms with Crippen molar-refractivity contribution in [1.29, 1.82) is 0 Å². The summed E-state index contributed by atoms with van der Waals surface area (Å²) in [6, 6.07) is 32.9. The van der Waals surface area contributed by atoms with Crippen LogP contribution in [0.15, 0.2) is 103 Å². The fraction of sp³-hybridized carbons (Fsp3) is 0.542. The van der Waals surface area contributed by atoms with Gasteiger partial charge < -0.3 is 26.3 Å². The molecule has 3 aliphatic carbocycles. The maximum absolute atomic E-state index is 10.3. The average molecular weight is 1110 g/mol. The molecule has 58 heavy (non-hydrogen) atoms. The molecule has 5 aliphatic rings. The first-order valence-electron chi connectivity index (χ1n) is 21.8. The van der Waals surface area contributed by atoms with E-state index in [9.17, 15) is 9.59 Å². The van der Waals surface area contributed by atoms with Gasteiger partial charge in [-0.15, -0.1) is 26.2 Å². The zero-order valence-electron chi connectivity index (χ0n) is 34.8. The number of carboxylic acids is 2. The van der Waals surface area contributed by atoms with Gasteiger partial charge in [-0.3, -0.25) is 4.79 Å². The van der Waals surface area contributed by atoms with E-state index in [1.807, 2.05) is 0 Å². The SMILES string of the molecule is C1CC[CH]([Sn+]([CH]2CCCCC2)[CH]2CCCCC2)CC1.O.O=C(O)C1=CC[N-]CC1.O=C(O)C1CC[N-]CC1.[SnH].c1cc[c]([Sn+]([c]2ccccc2)[c]2ccccc2)cc1. The summed E-state index contributed by atoms with van der Waals surface area (Å²) in [5.74, 6) is -1.59. The second-order valence-corrected chi connectivity index (χ2v) is 33.1. The summed E-state index contributed by atoms with van der Waals surface area (Å²) in [6.07, 6.45) is 27.9. The molecule has 1 saturated heterocycles. The first kappa shape index (κ1) is 51.0. The van der Waals surface area contributed by atoms with E-state index < -0.39 is 51.5 Å². The zero-order chi connectivity index (χ0) is 39.2. The number of benzene rings is 3. The van der Waals surface area contributed by atoms with Crippen molar-refractivity contribution < 1.29 is 25.3 Å². The van der Waals surface area contributed by atoms with E-state index in [0.717, 1.165) is 25.9 Å². The molecule has 0 atom stereocenters. The summed E-state index contributed by atoms with van der Waals surface area (Å²) >= 11 is -3.13. The van der Waals surface area contributed by atoms with E-state index in [-0.39, 0.29) is 35.3 Å². The third-order valence-electron chi connectivity index (χ3n) is 12.3. The van der Waals surface area contributed by atoms with Gasteiger partial charge in [-0.25, -0.2) is 4.79 Å². The molecule has 3 saturated carbocycles. The molecule has 2 aliphatic heterocycles. The standard InChI is InChI=1S/C6H10NO2.C6H8NO2.3C6H11.3C6H5.H2O.3Sn.H/c2*8-6(9)5-1-3-7-4-2-5;6*1-2-4-6-5-3-1;;;;;/h5H,1-4H2,(H,8,9);1H,2-4H2,(H,8,9);3*1H,2-6H2;3*1-5H;1H2;;;;/q2*-1;;;;;;;;;2*+1;. The van der Waals surface area contributed by atoms with Crippen LogP contribution in [-0.4, -0.2) is 117 Å². The second kappa shape index (κ2) is 29.8. The molecule has 8 rings (SSSR count). The Bertz CT molecular complexity index is 1420. The first-order valence-corrected chi connectivity index (χ1v) is 31.0. The van der Waals surface area contributed by atoms with Crippen LogP contribution < -0.4 is 10.7 Å². The summed E-state index contributed by atoms with van der Waals surface area (Å²) in [6.45, 7) is 2.70. The van der Waals surface area contributed by atoms with Crippen LogP contribution in [0.2, 0.25) is 11.8 Å². The number of nitrogens with zero attached hydrogens (tertiary/aromatic N) is 2. The van der Waals surface area contributed by atoms with Gasteiger partial charge in [0.05, 0.1) is 5.92 Å². The van der Waals surface area contributed by atoms with Gasteiger partial charge in [-0.05, 0) is 6.42 Å². The minimum absolute atomic E-state index is 0. The molecule has 0 spiro atoms. The van der Waals surface area contributed by atoms with Crippen LogP contribution in [0.4, 0.5) is 0 Å². The molecular formula is C48H69N2O5Sn3. The maximum atomic E-state index is 10.3. The van der Waals surface area contributed by atoms with Crippen molar-refractivity contribution in [2.45, 2.75) is 127 Å². The Labute approximate surface area is 380 Å². The molecular weight excluding hydrogens is 1040 g/mol. The van der Waals surface area contributed by atoms with Crippen molar-refractivity contribution in [1.82, 2.24) is 0 Å². The Balaban J connectivity index is 0.000000217. The van der Waals surface area contributed by atoms with Gasteiger partial charge in [-0.1, -0.05) is 18.9 Å². The van der Waals surface area contributed by atoms with Crippen LogP contribution >= 0.6 is 0 Å². The van der Waals surface area contributed by atoms with Crippen LogP contribution in [0.5, 0.6) is 0 Å². The number of piperidine rings is 1. The summed E-state index contributed by atoms with van der Waals surface area (Å²) < 4.78 is 8.55. The van der Waals surface area contributed by atoms with Crippen molar-refractivity contribution in [3.63, 3.8) is 0 Å². The van der Waals surface area contributed by atoms with Gasteiger partial charge in [0, 0.05) is 5.57 Å². The number of hydrogen-bond acceptors (Lipinski definition) is 2. The summed E-state index contributed by atoms with van der Waals surface area (Å²) in [5.41, 5.74) is 0.505. The van der Waals surface area contributed by atoms with E-state index in [1.165, 1.54) is 22.5 Å². The van der Waals surface area contributed by atoms with Crippen LogP contribution in [0, 0.1) is 5.92 Å². The summed E-state index contributed by atoms with van der Waals surface area (Å²) in [5, 5.41) is 24.9. The molecule has 313 valence electrons. The molecule has 10 heteroatoms. The molecule has 3 aromatic rings. The number of carbonyl (C=O) groups is 2. The predicted molar refractivity (Wildman–Crippen MR) is 248 cm³/mol. The van der Waals surface area contributed by atoms with Crippen LogP contribution in [0.3, 0.4) is 0 Å². The van der Waals surface area contributed by atoms with Gasteiger partial charge >= 0.3 is 285 Å². The topological polar surface area (TPSA) is 134 Å². The molecule has 7 nitrogen and oxygen atoms in total. The normalized spacial score (nSPS) is 18.9. The Hall–Kier alpha value is -1.38. The van der Waals surface area contributed by atoms with Crippen molar-refractivity contribution in [3.05, 3.63) is 113 Å². The quantitative estimate of drug-likeness (QED) is 0.218. The van der Waals surface area contributed by atoms with Crippen molar-refractivity contribution >= 4 is 86.1 Å². The third kappa shape index (κ3) is 17.5. The van der Waals surface area contributed by atoms with E-state index in [0.29, 0.717) is 25.1 Å². The van der Waals surface area contributed by atoms with Crippen LogP contribution in [0.1, 0.15) is 116 Å². The Morgan fingerprint density at radius 1 is 0.517 bits per heavy atom. The number of rotatable bonds is 8. The molecule has 0 bridgehead atoms. The molecule has 3 aromatic carbocycles.